The average molecular weight is 309 g/mol. The van der Waals surface area contributed by atoms with Crippen molar-refractivity contribution in [1.82, 2.24) is 0 Å². The molecule has 0 heterocycles. The molecule has 0 fully saturated rings. The highest BCUT2D eigenvalue weighted by atomic mass is 79.9. The SMILES string of the molecule is O=Cc1ccc(OCc2ccc(Br)cc2)c(F)c1. The first-order valence-electron chi connectivity index (χ1n) is 5.31. The summed E-state index contributed by atoms with van der Waals surface area (Å²) >= 11 is 3.34. The Bertz CT molecular complexity index is 552. The molecule has 0 saturated heterocycles. The van der Waals surface area contributed by atoms with Crippen LogP contribution in [0, 0.1) is 5.82 Å². The van der Waals surface area contributed by atoms with Crippen LogP contribution < -0.4 is 4.74 Å². The van der Waals surface area contributed by atoms with E-state index in [4.69, 9.17) is 4.74 Å². The molecule has 0 aromatic heterocycles. The minimum atomic E-state index is -0.531. The van der Waals surface area contributed by atoms with Crippen LogP contribution in [0.2, 0.25) is 0 Å². The van der Waals surface area contributed by atoms with Crippen LogP contribution in [0.1, 0.15) is 15.9 Å². The van der Waals surface area contributed by atoms with E-state index in [2.05, 4.69) is 15.9 Å². The predicted octanol–water partition coefficient (Wildman–Crippen LogP) is 3.98. The first kappa shape index (κ1) is 12.8. The summed E-state index contributed by atoms with van der Waals surface area (Å²) in [4.78, 5) is 10.5. The molecule has 2 rings (SSSR count). The summed E-state index contributed by atoms with van der Waals surface area (Å²) in [7, 11) is 0. The third kappa shape index (κ3) is 3.17. The van der Waals surface area contributed by atoms with Gasteiger partial charge in [0.2, 0.25) is 0 Å². The second-order valence-electron chi connectivity index (χ2n) is 3.72. The third-order valence-corrected chi connectivity index (χ3v) is 2.93. The van der Waals surface area contributed by atoms with Gasteiger partial charge in [0.15, 0.2) is 11.6 Å². The first-order valence-corrected chi connectivity index (χ1v) is 6.10. The van der Waals surface area contributed by atoms with Gasteiger partial charge in [0.25, 0.3) is 0 Å². The van der Waals surface area contributed by atoms with Crippen LogP contribution in [0.5, 0.6) is 5.75 Å². The zero-order chi connectivity index (χ0) is 13.0. The Morgan fingerprint density at radius 1 is 1.17 bits per heavy atom. The van der Waals surface area contributed by atoms with Crippen molar-refractivity contribution in [2.24, 2.45) is 0 Å². The largest absolute Gasteiger partial charge is 0.486 e. The van der Waals surface area contributed by atoms with E-state index in [0.29, 0.717) is 11.8 Å². The zero-order valence-corrected chi connectivity index (χ0v) is 11.0. The molecule has 4 heteroatoms. The number of hydrogen-bond donors (Lipinski definition) is 0. The average Bonchev–Trinajstić information content (AvgIpc) is 2.39. The second kappa shape index (κ2) is 5.78. The van der Waals surface area contributed by atoms with Crippen molar-refractivity contribution in [2.45, 2.75) is 6.61 Å². The lowest BCUT2D eigenvalue weighted by Crippen LogP contribution is -1.97. The molecule has 0 aliphatic carbocycles. The molecule has 0 aliphatic rings. The number of carbonyl (C=O) groups is 1. The van der Waals surface area contributed by atoms with E-state index in [1.54, 1.807) is 0 Å². The molecule has 0 amide bonds. The molecule has 2 nitrogen and oxygen atoms in total. The minimum absolute atomic E-state index is 0.142. The van der Waals surface area contributed by atoms with Crippen molar-refractivity contribution >= 4 is 22.2 Å². The number of benzene rings is 2. The monoisotopic (exact) mass is 308 g/mol. The summed E-state index contributed by atoms with van der Waals surface area (Å²) in [6.07, 6.45) is 0.599. The van der Waals surface area contributed by atoms with Gasteiger partial charge in [0.05, 0.1) is 0 Å². The lowest BCUT2D eigenvalue weighted by molar-refractivity contribution is 0.112. The van der Waals surface area contributed by atoms with Gasteiger partial charge in [-0.1, -0.05) is 28.1 Å². The van der Waals surface area contributed by atoms with E-state index < -0.39 is 5.82 Å². The van der Waals surface area contributed by atoms with Crippen LogP contribution in [0.15, 0.2) is 46.9 Å². The summed E-state index contributed by atoms with van der Waals surface area (Å²) in [6.45, 7) is 0.282. The lowest BCUT2D eigenvalue weighted by atomic mass is 10.2. The van der Waals surface area contributed by atoms with E-state index in [1.807, 2.05) is 24.3 Å². The van der Waals surface area contributed by atoms with Crippen LogP contribution in [-0.4, -0.2) is 6.29 Å². The molecule has 0 aliphatic heterocycles. The fourth-order valence-electron chi connectivity index (χ4n) is 1.45. The van der Waals surface area contributed by atoms with Crippen LogP contribution in [0.3, 0.4) is 0 Å². The number of carbonyl (C=O) groups excluding carboxylic acids is 1. The van der Waals surface area contributed by atoms with Gasteiger partial charge in [0, 0.05) is 10.0 Å². The maximum Gasteiger partial charge on any atom is 0.165 e. The Kier molecular flexibility index (Phi) is 4.10. The zero-order valence-electron chi connectivity index (χ0n) is 9.40. The van der Waals surface area contributed by atoms with E-state index in [9.17, 15) is 9.18 Å². The molecule has 0 saturated carbocycles. The summed E-state index contributed by atoms with van der Waals surface area (Å²) < 4.78 is 19.8. The third-order valence-electron chi connectivity index (χ3n) is 2.40. The Morgan fingerprint density at radius 3 is 2.50 bits per heavy atom. The van der Waals surface area contributed by atoms with Crippen LogP contribution >= 0.6 is 15.9 Å². The van der Waals surface area contributed by atoms with E-state index in [1.165, 1.54) is 12.1 Å². The standard InChI is InChI=1S/C14H10BrFO2/c15-12-4-1-10(2-5-12)9-18-14-6-3-11(8-17)7-13(14)16/h1-8H,9H2. The minimum Gasteiger partial charge on any atom is -0.486 e. The van der Waals surface area contributed by atoms with Crippen molar-refractivity contribution in [3.8, 4) is 5.75 Å². The topological polar surface area (TPSA) is 26.3 Å². The Hall–Kier alpha value is -1.68. The highest BCUT2D eigenvalue weighted by Crippen LogP contribution is 2.19. The smallest absolute Gasteiger partial charge is 0.165 e. The van der Waals surface area contributed by atoms with Crippen molar-refractivity contribution in [1.29, 1.82) is 0 Å². The van der Waals surface area contributed by atoms with Crippen molar-refractivity contribution < 1.29 is 13.9 Å². The van der Waals surface area contributed by atoms with E-state index in [0.717, 1.165) is 16.1 Å². The molecule has 0 unspecified atom stereocenters. The molecule has 18 heavy (non-hydrogen) atoms. The Labute approximate surface area is 113 Å². The molecule has 0 radical (unpaired) electrons. The quantitative estimate of drug-likeness (QED) is 0.799. The van der Waals surface area contributed by atoms with E-state index >= 15 is 0 Å². The maximum absolute atomic E-state index is 13.5. The van der Waals surface area contributed by atoms with Crippen LogP contribution in [0.4, 0.5) is 4.39 Å². The number of aldehydes is 1. The Morgan fingerprint density at radius 2 is 1.89 bits per heavy atom. The maximum atomic E-state index is 13.5. The summed E-state index contributed by atoms with van der Waals surface area (Å²) in [5.41, 5.74) is 1.24. The predicted molar refractivity (Wildman–Crippen MR) is 70.3 cm³/mol. The van der Waals surface area contributed by atoms with E-state index in [-0.39, 0.29) is 12.4 Å². The molecule has 0 N–H and O–H groups in total. The van der Waals surface area contributed by atoms with Gasteiger partial charge in [-0.2, -0.15) is 0 Å². The highest BCUT2D eigenvalue weighted by Gasteiger charge is 2.04. The van der Waals surface area contributed by atoms with Gasteiger partial charge in [-0.15, -0.1) is 0 Å². The summed E-state index contributed by atoms with van der Waals surface area (Å²) in [5, 5.41) is 0. The number of rotatable bonds is 4. The molecule has 0 bridgehead atoms. The van der Waals surface area contributed by atoms with Crippen molar-refractivity contribution in [3.05, 3.63) is 63.9 Å². The lowest BCUT2D eigenvalue weighted by Gasteiger charge is -2.07. The molecule has 0 atom stereocenters. The van der Waals surface area contributed by atoms with Crippen molar-refractivity contribution in [2.75, 3.05) is 0 Å². The van der Waals surface area contributed by atoms with Gasteiger partial charge >= 0.3 is 0 Å². The fraction of sp³-hybridized carbons (Fsp3) is 0.0714. The normalized spacial score (nSPS) is 10.1. The fourth-order valence-corrected chi connectivity index (χ4v) is 1.71. The highest BCUT2D eigenvalue weighted by molar-refractivity contribution is 9.10. The molecule has 92 valence electrons. The summed E-state index contributed by atoms with van der Waals surface area (Å²) in [5.74, 6) is -0.389. The first-order chi connectivity index (χ1) is 8.69. The summed E-state index contributed by atoms with van der Waals surface area (Å²) in [6, 6.07) is 11.7. The van der Waals surface area contributed by atoms with Gasteiger partial charge in [-0.05, 0) is 35.9 Å². The molecular formula is C14H10BrFO2. The van der Waals surface area contributed by atoms with Gasteiger partial charge in [0.1, 0.15) is 12.9 Å². The van der Waals surface area contributed by atoms with Crippen LogP contribution in [0.25, 0.3) is 0 Å². The molecule has 2 aromatic carbocycles. The van der Waals surface area contributed by atoms with Gasteiger partial charge in [-0.3, -0.25) is 4.79 Å². The van der Waals surface area contributed by atoms with Gasteiger partial charge in [-0.25, -0.2) is 4.39 Å². The van der Waals surface area contributed by atoms with Gasteiger partial charge < -0.3 is 4.74 Å². The number of ether oxygens (including phenoxy) is 1. The van der Waals surface area contributed by atoms with Crippen LogP contribution in [-0.2, 0) is 6.61 Å². The number of halogens is 2. The number of hydrogen-bond acceptors (Lipinski definition) is 2. The molecule has 0 spiro atoms. The molecular weight excluding hydrogens is 299 g/mol. The Balaban J connectivity index is 2.06. The molecule has 2 aromatic rings. The van der Waals surface area contributed by atoms with Crippen molar-refractivity contribution in [3.63, 3.8) is 0 Å². The second-order valence-corrected chi connectivity index (χ2v) is 4.64.